The van der Waals surface area contributed by atoms with E-state index in [1.807, 2.05) is 0 Å². The lowest BCUT2D eigenvalue weighted by Crippen LogP contribution is -2.28. The van der Waals surface area contributed by atoms with E-state index in [4.69, 9.17) is 0 Å². The van der Waals surface area contributed by atoms with Crippen molar-refractivity contribution in [3.05, 3.63) is 23.8 Å². The minimum atomic E-state index is -4.52. The molecule has 4 atom stereocenters. The van der Waals surface area contributed by atoms with Crippen molar-refractivity contribution in [3.8, 4) is 0 Å². The van der Waals surface area contributed by atoms with Gasteiger partial charge in [0.2, 0.25) is 0 Å². The molecule has 0 saturated heterocycles. The summed E-state index contributed by atoms with van der Waals surface area (Å²) in [6, 6.07) is 0. The standard InChI is InChI=1S/C11H8F6/c12-10(13,14)6-4-8-7-3-5(6)1-2-9(7,8)11(15,16)17/h1-2,4-5,7-8H,3H2. The highest BCUT2D eigenvalue weighted by Crippen LogP contribution is 2.75. The molecule has 0 spiro atoms. The van der Waals surface area contributed by atoms with Crippen molar-refractivity contribution in [3.63, 3.8) is 0 Å². The highest BCUT2D eigenvalue weighted by molar-refractivity contribution is 5.41. The molecule has 0 N–H and O–H groups in total. The molecule has 2 bridgehead atoms. The Morgan fingerprint density at radius 3 is 2.29 bits per heavy atom. The number of alkyl halides is 6. The van der Waals surface area contributed by atoms with Crippen LogP contribution in [0.25, 0.3) is 0 Å². The Balaban J connectivity index is 2.05. The minimum absolute atomic E-state index is 0.0357. The number of hydrogen-bond acceptors (Lipinski definition) is 0. The molecule has 4 unspecified atom stereocenters. The van der Waals surface area contributed by atoms with E-state index < -0.39 is 41.1 Å². The third kappa shape index (κ3) is 1.21. The number of halogens is 6. The summed E-state index contributed by atoms with van der Waals surface area (Å²) in [7, 11) is 0. The first-order valence-corrected chi connectivity index (χ1v) is 5.23. The van der Waals surface area contributed by atoms with Gasteiger partial charge in [0.25, 0.3) is 0 Å². The third-order valence-electron chi connectivity index (χ3n) is 4.18. The molecule has 0 aromatic carbocycles. The Morgan fingerprint density at radius 1 is 1.12 bits per heavy atom. The first-order valence-electron chi connectivity index (χ1n) is 5.23. The summed E-state index contributed by atoms with van der Waals surface area (Å²) < 4.78 is 76.5. The monoisotopic (exact) mass is 254 g/mol. The molecule has 0 aliphatic heterocycles. The van der Waals surface area contributed by atoms with Crippen molar-refractivity contribution in [1.29, 1.82) is 0 Å². The van der Waals surface area contributed by atoms with Crippen molar-refractivity contribution in [2.45, 2.75) is 18.8 Å². The number of fused-ring (bicyclic) bond motifs is 2. The number of rotatable bonds is 0. The van der Waals surface area contributed by atoms with Crippen LogP contribution in [0.2, 0.25) is 0 Å². The van der Waals surface area contributed by atoms with Crippen molar-refractivity contribution in [2.75, 3.05) is 0 Å². The Kier molecular flexibility index (Phi) is 1.79. The van der Waals surface area contributed by atoms with Gasteiger partial charge in [-0.05, 0) is 18.3 Å². The lowest BCUT2D eigenvalue weighted by Gasteiger charge is -2.26. The fraction of sp³-hybridized carbons (Fsp3) is 0.636. The van der Waals surface area contributed by atoms with E-state index >= 15 is 0 Å². The van der Waals surface area contributed by atoms with Crippen LogP contribution in [-0.4, -0.2) is 12.4 Å². The van der Waals surface area contributed by atoms with Gasteiger partial charge in [0.15, 0.2) is 0 Å². The Bertz CT molecular complexity index is 426. The molecule has 3 rings (SSSR count). The van der Waals surface area contributed by atoms with Crippen molar-refractivity contribution in [2.24, 2.45) is 23.2 Å². The molecule has 0 aromatic rings. The average Bonchev–Trinajstić information content (AvgIpc) is 2.85. The van der Waals surface area contributed by atoms with Crippen LogP contribution in [0.4, 0.5) is 26.3 Å². The van der Waals surface area contributed by atoms with Gasteiger partial charge in [-0.25, -0.2) is 0 Å². The van der Waals surface area contributed by atoms with E-state index in [1.54, 1.807) is 0 Å². The molecule has 0 amide bonds. The zero-order valence-electron chi connectivity index (χ0n) is 8.44. The molecule has 0 heterocycles. The highest BCUT2D eigenvalue weighted by Gasteiger charge is 2.78. The van der Waals surface area contributed by atoms with Gasteiger partial charge in [0.05, 0.1) is 5.41 Å². The van der Waals surface area contributed by atoms with Gasteiger partial charge in [-0.15, -0.1) is 0 Å². The van der Waals surface area contributed by atoms with Crippen LogP contribution in [0, 0.1) is 23.2 Å². The maximum atomic E-state index is 12.9. The lowest BCUT2D eigenvalue weighted by atomic mass is 9.83. The van der Waals surface area contributed by atoms with Gasteiger partial charge in [-0.2, -0.15) is 26.3 Å². The van der Waals surface area contributed by atoms with Crippen LogP contribution in [0.5, 0.6) is 0 Å². The zero-order valence-corrected chi connectivity index (χ0v) is 8.44. The molecule has 17 heavy (non-hydrogen) atoms. The van der Waals surface area contributed by atoms with Crippen LogP contribution in [0.15, 0.2) is 23.8 Å². The highest BCUT2D eigenvalue weighted by atomic mass is 19.4. The fourth-order valence-electron chi connectivity index (χ4n) is 3.32. The normalized spacial score (nSPS) is 43.4. The number of hydrogen-bond donors (Lipinski definition) is 0. The topological polar surface area (TPSA) is 0 Å². The summed E-state index contributed by atoms with van der Waals surface area (Å²) >= 11 is 0. The fourth-order valence-corrected chi connectivity index (χ4v) is 3.32. The van der Waals surface area contributed by atoms with Crippen molar-refractivity contribution >= 4 is 0 Å². The van der Waals surface area contributed by atoms with E-state index in [0.717, 1.165) is 18.2 Å². The quantitative estimate of drug-likeness (QED) is 0.455. The second-order valence-corrected chi connectivity index (χ2v) is 4.88. The molecular weight excluding hydrogens is 246 g/mol. The van der Waals surface area contributed by atoms with Gasteiger partial charge >= 0.3 is 12.4 Å². The van der Waals surface area contributed by atoms with Gasteiger partial charge in [-0.3, -0.25) is 0 Å². The Morgan fingerprint density at radius 2 is 1.76 bits per heavy atom. The summed E-state index contributed by atoms with van der Waals surface area (Å²) in [6.45, 7) is 0. The van der Waals surface area contributed by atoms with Crippen LogP contribution < -0.4 is 0 Å². The molecule has 3 aliphatic rings. The zero-order chi connectivity index (χ0) is 12.6. The molecule has 94 valence electrons. The smallest absolute Gasteiger partial charge is 0.170 e. The predicted molar refractivity (Wildman–Crippen MR) is 46.9 cm³/mol. The van der Waals surface area contributed by atoms with E-state index in [9.17, 15) is 26.3 Å². The van der Waals surface area contributed by atoms with Gasteiger partial charge < -0.3 is 0 Å². The van der Waals surface area contributed by atoms with Gasteiger partial charge in [0, 0.05) is 11.5 Å². The maximum absolute atomic E-state index is 12.9. The maximum Gasteiger partial charge on any atom is 0.412 e. The van der Waals surface area contributed by atoms with Crippen LogP contribution in [0.3, 0.4) is 0 Å². The molecule has 0 radical (unpaired) electrons. The summed E-state index contributed by atoms with van der Waals surface area (Å²) in [5, 5.41) is 0. The number of allylic oxidation sites excluding steroid dienone is 4. The summed E-state index contributed by atoms with van der Waals surface area (Å²) in [4.78, 5) is 0. The molecular formula is C11H8F6. The summed E-state index contributed by atoms with van der Waals surface area (Å²) in [5.41, 5.74) is -2.82. The van der Waals surface area contributed by atoms with Gasteiger partial charge in [0.1, 0.15) is 0 Å². The first kappa shape index (κ1) is 11.2. The Hall–Kier alpha value is -0.940. The lowest BCUT2D eigenvalue weighted by molar-refractivity contribution is -0.179. The summed E-state index contributed by atoms with van der Waals surface area (Å²) in [5.74, 6) is -2.60. The molecule has 6 heteroatoms. The molecule has 3 aliphatic carbocycles. The van der Waals surface area contributed by atoms with E-state index in [-0.39, 0.29) is 6.42 Å². The third-order valence-corrected chi connectivity index (χ3v) is 4.18. The Labute approximate surface area is 93.0 Å². The second kappa shape index (κ2) is 2.72. The largest absolute Gasteiger partial charge is 0.412 e. The SMILES string of the molecule is FC(F)(F)C1=CC2C3CC1C=CC23C(F)(F)F. The van der Waals surface area contributed by atoms with E-state index in [1.165, 1.54) is 0 Å². The predicted octanol–water partition coefficient (Wildman–Crippen LogP) is 3.86. The van der Waals surface area contributed by atoms with Crippen molar-refractivity contribution in [1.82, 2.24) is 0 Å². The van der Waals surface area contributed by atoms with Gasteiger partial charge in [-0.1, -0.05) is 18.2 Å². The van der Waals surface area contributed by atoms with Crippen molar-refractivity contribution < 1.29 is 26.3 Å². The minimum Gasteiger partial charge on any atom is -0.170 e. The van der Waals surface area contributed by atoms with Crippen LogP contribution in [0.1, 0.15) is 6.42 Å². The summed E-state index contributed by atoms with van der Waals surface area (Å²) in [6.07, 6.45) is -6.19. The van der Waals surface area contributed by atoms with Crippen LogP contribution in [-0.2, 0) is 0 Å². The first-order chi connectivity index (χ1) is 7.68. The molecule has 1 fully saturated rings. The second-order valence-electron chi connectivity index (χ2n) is 4.88. The van der Waals surface area contributed by atoms with E-state index in [2.05, 4.69) is 0 Å². The van der Waals surface area contributed by atoms with E-state index in [0.29, 0.717) is 0 Å². The van der Waals surface area contributed by atoms with Crippen LogP contribution >= 0.6 is 0 Å². The molecule has 0 aromatic heterocycles. The molecule has 1 saturated carbocycles. The average molecular weight is 254 g/mol. The molecule has 0 nitrogen and oxygen atoms in total.